The van der Waals surface area contributed by atoms with E-state index in [9.17, 15) is 4.79 Å². The Morgan fingerprint density at radius 2 is 2.00 bits per heavy atom. The first-order valence-corrected chi connectivity index (χ1v) is 9.16. The molecule has 4 nitrogen and oxygen atoms in total. The number of nitrogens with one attached hydrogen (secondary N) is 1. The molecule has 2 heterocycles. The number of aryl methyl sites for hydroxylation is 2. The molecule has 0 unspecified atom stereocenters. The number of fused-ring (bicyclic) bond motifs is 1. The standard InChI is InChI=1S/C19H18ClN3OS/c1-11-5-4-6-15-12(2)9-17(23-18(11)15)25-13(3)19(24)22-16-8-7-14(20)10-21-16/h4-10,13H,1-3H3,(H,21,22,24)/t13-/m1/s1. The van der Waals surface area contributed by atoms with Gasteiger partial charge in [-0.3, -0.25) is 4.79 Å². The van der Waals surface area contributed by atoms with E-state index in [2.05, 4.69) is 23.3 Å². The molecule has 1 aromatic carbocycles. The summed E-state index contributed by atoms with van der Waals surface area (Å²) in [5.41, 5.74) is 3.27. The fourth-order valence-electron chi connectivity index (χ4n) is 2.50. The lowest BCUT2D eigenvalue weighted by Gasteiger charge is -2.13. The predicted octanol–water partition coefficient (Wildman–Crippen LogP) is 5.02. The highest BCUT2D eigenvalue weighted by Crippen LogP contribution is 2.28. The first-order chi connectivity index (χ1) is 11.9. The summed E-state index contributed by atoms with van der Waals surface area (Å²) in [5, 5.41) is 5.01. The molecule has 0 saturated carbocycles. The summed E-state index contributed by atoms with van der Waals surface area (Å²) in [7, 11) is 0. The van der Waals surface area contributed by atoms with Crippen molar-refractivity contribution in [1.82, 2.24) is 9.97 Å². The molecular weight excluding hydrogens is 354 g/mol. The van der Waals surface area contributed by atoms with Crippen LogP contribution in [-0.2, 0) is 4.79 Å². The normalized spacial score (nSPS) is 12.2. The molecule has 128 valence electrons. The number of anilines is 1. The van der Waals surface area contributed by atoms with Gasteiger partial charge in [-0.1, -0.05) is 41.6 Å². The quantitative estimate of drug-likeness (QED) is 0.654. The molecule has 2 aromatic heterocycles. The maximum absolute atomic E-state index is 12.4. The number of halogens is 1. The van der Waals surface area contributed by atoms with Gasteiger partial charge in [0.2, 0.25) is 5.91 Å². The second kappa shape index (κ2) is 7.42. The van der Waals surface area contributed by atoms with Gasteiger partial charge in [0.1, 0.15) is 5.82 Å². The van der Waals surface area contributed by atoms with Gasteiger partial charge in [-0.15, -0.1) is 0 Å². The predicted molar refractivity (Wildman–Crippen MR) is 104 cm³/mol. The van der Waals surface area contributed by atoms with Crippen LogP contribution in [0.3, 0.4) is 0 Å². The van der Waals surface area contributed by atoms with Crippen molar-refractivity contribution < 1.29 is 4.79 Å². The van der Waals surface area contributed by atoms with Gasteiger partial charge in [-0.25, -0.2) is 9.97 Å². The highest BCUT2D eigenvalue weighted by Gasteiger charge is 2.17. The molecular formula is C19H18ClN3OS. The van der Waals surface area contributed by atoms with Crippen LogP contribution in [0.15, 0.2) is 47.6 Å². The lowest BCUT2D eigenvalue weighted by molar-refractivity contribution is -0.115. The number of rotatable bonds is 4. The highest BCUT2D eigenvalue weighted by molar-refractivity contribution is 8.00. The summed E-state index contributed by atoms with van der Waals surface area (Å²) in [6.45, 7) is 5.97. The number of nitrogens with zero attached hydrogens (tertiary/aromatic N) is 2. The van der Waals surface area contributed by atoms with Gasteiger partial charge in [0.15, 0.2) is 0 Å². The first kappa shape index (κ1) is 17.7. The van der Waals surface area contributed by atoms with E-state index in [-0.39, 0.29) is 11.2 Å². The highest BCUT2D eigenvalue weighted by atomic mass is 35.5. The number of benzene rings is 1. The van der Waals surface area contributed by atoms with Crippen LogP contribution in [0, 0.1) is 13.8 Å². The van der Waals surface area contributed by atoms with Gasteiger partial charge in [-0.05, 0) is 50.1 Å². The smallest absolute Gasteiger partial charge is 0.238 e. The average molecular weight is 372 g/mol. The van der Waals surface area contributed by atoms with E-state index in [1.165, 1.54) is 18.0 Å². The maximum atomic E-state index is 12.4. The zero-order valence-electron chi connectivity index (χ0n) is 14.2. The second-order valence-electron chi connectivity index (χ2n) is 5.86. The minimum atomic E-state index is -0.300. The Bertz CT molecular complexity index is 928. The van der Waals surface area contributed by atoms with Gasteiger partial charge in [0.25, 0.3) is 0 Å². The van der Waals surface area contributed by atoms with Gasteiger partial charge in [0.05, 0.1) is 20.8 Å². The third kappa shape index (κ3) is 4.11. The van der Waals surface area contributed by atoms with Crippen LogP contribution in [0.4, 0.5) is 5.82 Å². The molecule has 1 N–H and O–H groups in total. The summed E-state index contributed by atoms with van der Waals surface area (Å²) in [5.74, 6) is 0.365. The number of para-hydroxylation sites is 1. The molecule has 0 spiro atoms. The number of pyridine rings is 2. The van der Waals surface area contributed by atoms with Crippen molar-refractivity contribution in [3.63, 3.8) is 0 Å². The number of aromatic nitrogens is 2. The Morgan fingerprint density at radius 3 is 2.72 bits per heavy atom. The molecule has 1 amide bonds. The van der Waals surface area contributed by atoms with Crippen molar-refractivity contribution in [2.45, 2.75) is 31.0 Å². The van der Waals surface area contributed by atoms with Crippen LogP contribution in [0.25, 0.3) is 10.9 Å². The molecule has 3 rings (SSSR count). The SMILES string of the molecule is Cc1cc(S[C@H](C)C(=O)Nc2ccc(Cl)cn2)nc2c(C)cccc12. The molecule has 0 radical (unpaired) electrons. The summed E-state index contributed by atoms with van der Waals surface area (Å²) < 4.78 is 0. The maximum Gasteiger partial charge on any atom is 0.238 e. The Morgan fingerprint density at radius 1 is 1.20 bits per heavy atom. The van der Waals surface area contributed by atoms with Gasteiger partial charge in [0, 0.05) is 11.6 Å². The molecule has 0 aliphatic rings. The second-order valence-corrected chi connectivity index (χ2v) is 7.66. The number of hydrogen-bond donors (Lipinski definition) is 1. The lowest BCUT2D eigenvalue weighted by atomic mass is 10.1. The molecule has 6 heteroatoms. The molecule has 3 aromatic rings. The Balaban J connectivity index is 1.77. The van der Waals surface area contributed by atoms with Crippen LogP contribution in [-0.4, -0.2) is 21.1 Å². The Labute approximate surface area is 156 Å². The van der Waals surface area contributed by atoms with Crippen molar-refractivity contribution in [3.05, 3.63) is 58.7 Å². The van der Waals surface area contributed by atoms with E-state index < -0.39 is 0 Å². The van der Waals surface area contributed by atoms with Crippen molar-refractivity contribution in [1.29, 1.82) is 0 Å². The number of hydrogen-bond acceptors (Lipinski definition) is 4. The van der Waals surface area contributed by atoms with Crippen molar-refractivity contribution in [3.8, 4) is 0 Å². The van der Waals surface area contributed by atoms with Gasteiger partial charge < -0.3 is 5.32 Å². The minimum Gasteiger partial charge on any atom is -0.310 e. The Hall–Kier alpha value is -2.11. The molecule has 0 fully saturated rings. The zero-order valence-corrected chi connectivity index (χ0v) is 15.8. The van der Waals surface area contributed by atoms with E-state index in [4.69, 9.17) is 16.6 Å². The van der Waals surface area contributed by atoms with Crippen LogP contribution >= 0.6 is 23.4 Å². The van der Waals surface area contributed by atoms with E-state index in [1.54, 1.807) is 12.1 Å². The lowest BCUT2D eigenvalue weighted by Crippen LogP contribution is -2.23. The van der Waals surface area contributed by atoms with Gasteiger partial charge in [-0.2, -0.15) is 0 Å². The Kier molecular flexibility index (Phi) is 5.25. The number of thioether (sulfide) groups is 1. The van der Waals surface area contributed by atoms with Crippen LogP contribution in [0.2, 0.25) is 5.02 Å². The summed E-state index contributed by atoms with van der Waals surface area (Å²) in [6.07, 6.45) is 1.51. The fraction of sp³-hybridized carbons (Fsp3) is 0.211. The monoisotopic (exact) mass is 371 g/mol. The van der Waals surface area contributed by atoms with E-state index in [0.717, 1.165) is 27.1 Å². The third-order valence-electron chi connectivity index (χ3n) is 3.87. The zero-order chi connectivity index (χ0) is 18.0. The summed E-state index contributed by atoms with van der Waals surface area (Å²) in [4.78, 5) is 21.2. The molecule has 0 bridgehead atoms. The van der Waals surface area contributed by atoms with E-state index in [1.807, 2.05) is 32.0 Å². The molecule has 0 aliphatic heterocycles. The fourth-order valence-corrected chi connectivity index (χ4v) is 3.53. The van der Waals surface area contributed by atoms with E-state index in [0.29, 0.717) is 10.8 Å². The van der Waals surface area contributed by atoms with Crippen molar-refractivity contribution in [2.75, 3.05) is 5.32 Å². The first-order valence-electron chi connectivity index (χ1n) is 7.90. The molecule has 0 saturated heterocycles. The number of carbonyl (C=O) groups is 1. The number of carbonyl (C=O) groups excluding carboxylic acids is 1. The van der Waals surface area contributed by atoms with Crippen LogP contribution in [0.1, 0.15) is 18.1 Å². The average Bonchev–Trinajstić information content (AvgIpc) is 2.58. The van der Waals surface area contributed by atoms with Crippen molar-refractivity contribution in [2.24, 2.45) is 0 Å². The molecule has 1 atom stereocenters. The number of amides is 1. The summed E-state index contributed by atoms with van der Waals surface area (Å²) >= 11 is 7.24. The molecule has 0 aliphatic carbocycles. The third-order valence-corrected chi connectivity index (χ3v) is 5.11. The van der Waals surface area contributed by atoms with Crippen molar-refractivity contribution >= 4 is 46.0 Å². The van der Waals surface area contributed by atoms with Crippen LogP contribution < -0.4 is 5.32 Å². The van der Waals surface area contributed by atoms with Gasteiger partial charge >= 0.3 is 0 Å². The van der Waals surface area contributed by atoms with Crippen LogP contribution in [0.5, 0.6) is 0 Å². The molecule has 25 heavy (non-hydrogen) atoms. The topological polar surface area (TPSA) is 54.9 Å². The van der Waals surface area contributed by atoms with E-state index >= 15 is 0 Å². The summed E-state index contributed by atoms with van der Waals surface area (Å²) in [6, 6.07) is 11.6. The minimum absolute atomic E-state index is 0.121. The largest absolute Gasteiger partial charge is 0.310 e.